The van der Waals surface area contributed by atoms with E-state index in [-0.39, 0.29) is 4.70 Å². The Morgan fingerprint density at radius 3 is 2.31 bits per heavy atom. The van der Waals surface area contributed by atoms with E-state index < -0.39 is 0 Å². The molecule has 0 saturated heterocycles. The Morgan fingerprint density at radius 2 is 1.69 bits per heavy atom. The zero-order chi connectivity index (χ0) is 10.9. The van der Waals surface area contributed by atoms with Gasteiger partial charge in [-0.1, -0.05) is 39.5 Å². The summed E-state index contributed by atoms with van der Waals surface area (Å²) in [6.45, 7) is 5.78. The van der Waals surface area contributed by atoms with Crippen molar-refractivity contribution in [2.45, 2.75) is 58.8 Å². The molecule has 1 nitrogen and oxygen atoms in total. The molecule has 1 aliphatic heterocycles. The summed E-state index contributed by atoms with van der Waals surface area (Å²) in [4.78, 5) is 1.54. The molecule has 1 unspecified atom stereocenters. The fourth-order valence-corrected chi connectivity index (χ4v) is 2.03. The second-order valence-corrected chi connectivity index (χ2v) is 4.50. The number of rotatable bonds is 8. The van der Waals surface area contributed by atoms with Crippen LogP contribution in [0.5, 0.6) is 0 Å². The topological polar surface area (TPSA) is 4.44 Å². The Morgan fingerprint density at radius 1 is 1.00 bits per heavy atom. The molecule has 0 bridgehead atoms. The normalized spacial score (nSPS) is 18.4. The summed E-state index contributed by atoms with van der Waals surface area (Å²) < 4.78 is 0. The average molecular weight is 227 g/mol. The van der Waals surface area contributed by atoms with Gasteiger partial charge in [0.2, 0.25) is 0 Å². The van der Waals surface area contributed by atoms with Gasteiger partial charge in [0.1, 0.15) is 6.20 Å². The van der Waals surface area contributed by atoms with Gasteiger partial charge in [-0.15, -0.1) is 0 Å². The quantitative estimate of drug-likeness (QED) is 0.559. The van der Waals surface area contributed by atoms with Gasteiger partial charge >= 0.3 is 0 Å². The first-order valence-electron chi connectivity index (χ1n) is 6.61. The molecule has 94 valence electrons. The van der Waals surface area contributed by atoms with Crippen molar-refractivity contribution >= 4 is 0 Å². The van der Waals surface area contributed by atoms with Gasteiger partial charge in [-0.2, -0.15) is 0 Å². The lowest BCUT2D eigenvalue weighted by atomic mass is 10.1. The molecular formula is C14H26FN. The summed E-state index contributed by atoms with van der Waals surface area (Å²) in [5.41, 5.74) is 1.50. The number of nitrogens with one attached hydrogen (secondary N) is 1. The highest BCUT2D eigenvalue weighted by Gasteiger charge is 2.08. The van der Waals surface area contributed by atoms with Crippen LogP contribution in [0.1, 0.15) is 58.8 Å². The lowest BCUT2D eigenvalue weighted by molar-refractivity contribution is -0.788. The van der Waals surface area contributed by atoms with Crippen molar-refractivity contribution in [2.75, 3.05) is 6.54 Å². The van der Waals surface area contributed by atoms with E-state index in [0.29, 0.717) is 0 Å². The van der Waals surface area contributed by atoms with Crippen molar-refractivity contribution in [3.05, 3.63) is 24.0 Å². The average Bonchev–Trinajstić information content (AvgIpc) is 2.71. The third-order valence-electron chi connectivity index (χ3n) is 3.11. The van der Waals surface area contributed by atoms with Gasteiger partial charge in [-0.3, -0.25) is 4.90 Å². The Labute approximate surface area is 99.6 Å². The molecule has 0 fully saturated rings. The minimum atomic E-state index is 0. The van der Waals surface area contributed by atoms with Gasteiger partial charge in [0.15, 0.2) is 0 Å². The predicted octanol–water partition coefficient (Wildman–Crippen LogP) is 0.0570. The fourth-order valence-electron chi connectivity index (χ4n) is 2.03. The van der Waals surface area contributed by atoms with Crippen LogP contribution < -0.4 is 9.60 Å². The SMILES string of the molecule is CCCCCCCC[NH+]1C=CC(CC)=C1.[F-]. The second-order valence-electron chi connectivity index (χ2n) is 4.50. The number of halogens is 1. The minimum absolute atomic E-state index is 0. The molecule has 1 rings (SSSR count). The first-order chi connectivity index (χ1) is 7.36. The molecule has 0 aromatic heterocycles. The molecule has 16 heavy (non-hydrogen) atoms. The van der Waals surface area contributed by atoms with E-state index in [4.69, 9.17) is 0 Å². The molecule has 1 N–H and O–H groups in total. The van der Waals surface area contributed by atoms with E-state index in [2.05, 4.69) is 32.3 Å². The van der Waals surface area contributed by atoms with Crippen molar-refractivity contribution in [1.29, 1.82) is 0 Å². The fraction of sp³-hybridized carbons (Fsp3) is 0.714. The van der Waals surface area contributed by atoms with Crippen molar-refractivity contribution < 1.29 is 9.60 Å². The summed E-state index contributed by atoms with van der Waals surface area (Å²) in [6, 6.07) is 0. The summed E-state index contributed by atoms with van der Waals surface area (Å²) in [7, 11) is 0. The number of allylic oxidation sites excluding steroid dienone is 2. The molecule has 0 saturated carbocycles. The zero-order valence-electron chi connectivity index (χ0n) is 10.8. The van der Waals surface area contributed by atoms with E-state index in [1.54, 1.807) is 4.90 Å². The van der Waals surface area contributed by atoms with Gasteiger partial charge < -0.3 is 4.70 Å². The van der Waals surface area contributed by atoms with Crippen LogP contribution in [0, 0.1) is 0 Å². The van der Waals surface area contributed by atoms with Crippen LogP contribution in [0.2, 0.25) is 0 Å². The van der Waals surface area contributed by atoms with Crippen LogP contribution in [0.4, 0.5) is 0 Å². The number of hydrogen-bond acceptors (Lipinski definition) is 0. The molecule has 2 heteroatoms. The standard InChI is InChI=1S/C14H25N.FH/c1-3-5-6-7-8-9-11-15-12-10-14(4-2)13-15;/h10,12-13H,3-9,11H2,1-2H3;1H. The third kappa shape index (κ3) is 6.06. The molecular weight excluding hydrogens is 201 g/mol. The maximum absolute atomic E-state index is 2.37. The molecule has 0 radical (unpaired) electrons. The van der Waals surface area contributed by atoms with Gasteiger partial charge in [-0.25, -0.2) is 0 Å². The number of quaternary nitrogens is 1. The van der Waals surface area contributed by atoms with E-state index >= 15 is 0 Å². The summed E-state index contributed by atoms with van der Waals surface area (Å²) in [5, 5.41) is 0. The lowest BCUT2D eigenvalue weighted by Gasteiger charge is -2.06. The minimum Gasteiger partial charge on any atom is -1.00 e. The van der Waals surface area contributed by atoms with E-state index in [9.17, 15) is 0 Å². The highest BCUT2D eigenvalue weighted by molar-refractivity contribution is 5.17. The number of hydrogen-bond donors (Lipinski definition) is 1. The van der Waals surface area contributed by atoms with E-state index in [1.807, 2.05) is 0 Å². The summed E-state index contributed by atoms with van der Waals surface area (Å²) >= 11 is 0. The molecule has 0 amide bonds. The van der Waals surface area contributed by atoms with Gasteiger partial charge in [-0.05, 0) is 19.3 Å². The summed E-state index contributed by atoms with van der Waals surface area (Å²) in [6.07, 6.45) is 16.5. The number of unbranched alkanes of at least 4 members (excludes halogenated alkanes) is 5. The van der Waals surface area contributed by atoms with Gasteiger partial charge in [0.25, 0.3) is 0 Å². The molecule has 0 aromatic carbocycles. The van der Waals surface area contributed by atoms with Crippen molar-refractivity contribution in [3.63, 3.8) is 0 Å². The zero-order valence-corrected chi connectivity index (χ0v) is 10.8. The van der Waals surface area contributed by atoms with E-state index in [1.165, 1.54) is 57.1 Å². The maximum atomic E-state index is 2.37. The van der Waals surface area contributed by atoms with Crippen LogP contribution in [-0.2, 0) is 0 Å². The third-order valence-corrected chi connectivity index (χ3v) is 3.11. The first-order valence-corrected chi connectivity index (χ1v) is 6.61. The maximum Gasteiger partial charge on any atom is 0.102 e. The van der Waals surface area contributed by atoms with Gasteiger partial charge in [0.05, 0.1) is 12.7 Å². The highest BCUT2D eigenvalue weighted by Crippen LogP contribution is 2.05. The molecule has 0 spiro atoms. The molecule has 1 heterocycles. The van der Waals surface area contributed by atoms with Crippen molar-refractivity contribution in [2.24, 2.45) is 0 Å². The molecule has 1 atom stereocenters. The Hall–Kier alpha value is -0.630. The van der Waals surface area contributed by atoms with Crippen molar-refractivity contribution in [1.82, 2.24) is 0 Å². The van der Waals surface area contributed by atoms with Crippen LogP contribution in [0.25, 0.3) is 0 Å². The van der Waals surface area contributed by atoms with Crippen LogP contribution in [-0.4, -0.2) is 6.54 Å². The Bertz CT molecular complexity index is 221. The van der Waals surface area contributed by atoms with Gasteiger partial charge in [0, 0.05) is 11.6 Å². The molecule has 0 aromatic rings. The van der Waals surface area contributed by atoms with Crippen molar-refractivity contribution in [3.8, 4) is 0 Å². The van der Waals surface area contributed by atoms with Crippen LogP contribution >= 0.6 is 0 Å². The second kappa shape index (κ2) is 9.59. The Balaban J connectivity index is 0.00000225. The highest BCUT2D eigenvalue weighted by atomic mass is 19.0. The smallest absolute Gasteiger partial charge is 0.102 e. The molecule has 1 aliphatic rings. The van der Waals surface area contributed by atoms with E-state index in [0.717, 1.165) is 0 Å². The monoisotopic (exact) mass is 227 g/mol. The summed E-state index contributed by atoms with van der Waals surface area (Å²) in [5.74, 6) is 0. The lowest BCUT2D eigenvalue weighted by Crippen LogP contribution is -3.01. The van der Waals surface area contributed by atoms with Crippen LogP contribution in [0.3, 0.4) is 0 Å². The largest absolute Gasteiger partial charge is 1.00 e. The Kier molecular flexibility index (Phi) is 9.21. The molecule has 0 aliphatic carbocycles. The predicted molar refractivity (Wildman–Crippen MR) is 66.7 cm³/mol. The van der Waals surface area contributed by atoms with Crippen LogP contribution in [0.15, 0.2) is 24.0 Å². The first kappa shape index (κ1) is 15.4.